The van der Waals surface area contributed by atoms with Crippen molar-refractivity contribution in [2.45, 2.75) is 32.7 Å². The van der Waals surface area contributed by atoms with Crippen LogP contribution in [0.25, 0.3) is 0 Å². The Morgan fingerprint density at radius 1 is 1.54 bits per heavy atom. The van der Waals surface area contributed by atoms with Crippen LogP contribution < -0.4 is 5.73 Å². The lowest BCUT2D eigenvalue weighted by atomic mass is 10.0. The fourth-order valence-electron chi connectivity index (χ4n) is 0.928. The van der Waals surface area contributed by atoms with Crippen molar-refractivity contribution >= 4 is 17.7 Å². The highest BCUT2D eigenvalue weighted by Gasteiger charge is 2.22. The van der Waals surface area contributed by atoms with Crippen LogP contribution in [0.15, 0.2) is 0 Å². The van der Waals surface area contributed by atoms with E-state index in [1.807, 2.05) is 6.92 Å². The minimum atomic E-state index is -0.438. The molecule has 2 N–H and O–H groups in total. The van der Waals surface area contributed by atoms with Crippen LogP contribution in [0, 0.1) is 0 Å². The quantitative estimate of drug-likeness (QED) is 0.666. The van der Waals surface area contributed by atoms with Gasteiger partial charge in [-0.25, -0.2) is 0 Å². The molecule has 0 fully saturated rings. The number of thioether (sulfide) groups is 1. The number of hydrogen-bond acceptors (Lipinski definition) is 4. The molecule has 0 aliphatic carbocycles. The summed E-state index contributed by atoms with van der Waals surface area (Å²) < 4.78 is 4.83. The first kappa shape index (κ1) is 12.8. The van der Waals surface area contributed by atoms with Crippen LogP contribution in [0.3, 0.4) is 0 Å². The molecule has 0 bridgehead atoms. The highest BCUT2D eigenvalue weighted by molar-refractivity contribution is 7.99. The summed E-state index contributed by atoms with van der Waals surface area (Å²) in [5, 5.41) is 0. The molecule has 0 aromatic heterocycles. The lowest BCUT2D eigenvalue weighted by Gasteiger charge is -2.22. The lowest BCUT2D eigenvalue weighted by molar-refractivity contribution is -0.144. The highest BCUT2D eigenvalue weighted by atomic mass is 32.2. The SMILES string of the molecule is CCOC(=O)CC(C)(N)CSCC. The molecule has 3 nitrogen and oxygen atoms in total. The van der Waals surface area contributed by atoms with Gasteiger partial charge in [0.1, 0.15) is 0 Å². The van der Waals surface area contributed by atoms with Gasteiger partial charge in [-0.1, -0.05) is 6.92 Å². The zero-order chi connectivity index (χ0) is 10.3. The van der Waals surface area contributed by atoms with Gasteiger partial charge in [0.15, 0.2) is 0 Å². The van der Waals surface area contributed by atoms with Gasteiger partial charge >= 0.3 is 5.97 Å². The van der Waals surface area contributed by atoms with Gasteiger partial charge in [0.05, 0.1) is 13.0 Å². The summed E-state index contributed by atoms with van der Waals surface area (Å²) in [6, 6.07) is 0. The molecule has 0 aliphatic rings. The third kappa shape index (κ3) is 6.90. The summed E-state index contributed by atoms with van der Waals surface area (Å²) in [6.07, 6.45) is 0.299. The van der Waals surface area contributed by atoms with Crippen molar-refractivity contribution in [3.05, 3.63) is 0 Å². The van der Waals surface area contributed by atoms with Gasteiger partial charge in [0, 0.05) is 11.3 Å². The normalized spacial score (nSPS) is 15.1. The Morgan fingerprint density at radius 3 is 2.62 bits per heavy atom. The molecule has 0 amide bonds. The largest absolute Gasteiger partial charge is 0.466 e. The Bertz CT molecular complexity index is 160. The predicted octanol–water partition coefficient (Wildman–Crippen LogP) is 1.41. The van der Waals surface area contributed by atoms with E-state index < -0.39 is 5.54 Å². The van der Waals surface area contributed by atoms with Crippen LogP contribution >= 0.6 is 11.8 Å². The van der Waals surface area contributed by atoms with E-state index in [1.54, 1.807) is 18.7 Å². The average molecular weight is 205 g/mol. The fourth-order valence-corrected chi connectivity index (χ4v) is 1.70. The number of carbonyl (C=O) groups excluding carboxylic acids is 1. The molecule has 0 aliphatic heterocycles. The van der Waals surface area contributed by atoms with Crippen molar-refractivity contribution in [2.75, 3.05) is 18.1 Å². The van der Waals surface area contributed by atoms with Crippen molar-refractivity contribution in [3.8, 4) is 0 Å². The van der Waals surface area contributed by atoms with Gasteiger partial charge in [0.2, 0.25) is 0 Å². The second kappa shape index (κ2) is 6.27. The van der Waals surface area contributed by atoms with Gasteiger partial charge in [-0.05, 0) is 19.6 Å². The summed E-state index contributed by atoms with van der Waals surface area (Å²) in [4.78, 5) is 11.1. The van der Waals surface area contributed by atoms with E-state index in [2.05, 4.69) is 6.92 Å². The van der Waals surface area contributed by atoms with Crippen molar-refractivity contribution < 1.29 is 9.53 Å². The number of hydrogen-bond donors (Lipinski definition) is 1. The molecule has 0 aromatic rings. The summed E-state index contributed by atoms with van der Waals surface area (Å²) in [5.41, 5.74) is 5.47. The van der Waals surface area contributed by atoms with Gasteiger partial charge < -0.3 is 10.5 Å². The number of nitrogens with two attached hydrogens (primary N) is 1. The van der Waals surface area contributed by atoms with Crippen molar-refractivity contribution in [1.29, 1.82) is 0 Å². The van der Waals surface area contributed by atoms with E-state index in [0.29, 0.717) is 13.0 Å². The molecular formula is C9H19NO2S. The third-order valence-corrected chi connectivity index (χ3v) is 2.76. The first-order valence-electron chi connectivity index (χ1n) is 4.54. The Kier molecular flexibility index (Phi) is 6.16. The number of esters is 1. The van der Waals surface area contributed by atoms with Crippen molar-refractivity contribution in [2.24, 2.45) is 5.73 Å². The molecule has 78 valence electrons. The molecule has 0 saturated heterocycles. The number of carbonyl (C=O) groups is 1. The molecule has 1 atom stereocenters. The Labute approximate surface area is 84.4 Å². The second-order valence-electron chi connectivity index (χ2n) is 3.27. The maximum atomic E-state index is 11.1. The highest BCUT2D eigenvalue weighted by Crippen LogP contribution is 2.14. The summed E-state index contributed by atoms with van der Waals surface area (Å²) in [5.74, 6) is 1.61. The van der Waals surface area contributed by atoms with Crippen LogP contribution in [0.4, 0.5) is 0 Å². The third-order valence-electron chi connectivity index (χ3n) is 1.49. The smallest absolute Gasteiger partial charge is 0.307 e. The Balaban J connectivity index is 3.79. The van der Waals surface area contributed by atoms with Crippen molar-refractivity contribution in [1.82, 2.24) is 0 Å². The molecule has 0 spiro atoms. The molecule has 13 heavy (non-hydrogen) atoms. The Morgan fingerprint density at radius 2 is 2.15 bits per heavy atom. The van der Waals surface area contributed by atoms with Gasteiger partial charge in [-0.3, -0.25) is 4.79 Å². The van der Waals surface area contributed by atoms with E-state index in [9.17, 15) is 4.79 Å². The van der Waals surface area contributed by atoms with Crippen LogP contribution in [-0.2, 0) is 9.53 Å². The molecule has 4 heteroatoms. The van der Waals surface area contributed by atoms with E-state index in [1.165, 1.54) is 0 Å². The van der Waals surface area contributed by atoms with E-state index in [0.717, 1.165) is 11.5 Å². The minimum Gasteiger partial charge on any atom is -0.466 e. The number of rotatable bonds is 6. The first-order valence-corrected chi connectivity index (χ1v) is 5.69. The van der Waals surface area contributed by atoms with E-state index in [-0.39, 0.29) is 5.97 Å². The van der Waals surface area contributed by atoms with Crippen LogP contribution in [-0.4, -0.2) is 29.6 Å². The molecule has 0 aromatic carbocycles. The van der Waals surface area contributed by atoms with Crippen LogP contribution in [0.2, 0.25) is 0 Å². The Hall–Kier alpha value is -0.220. The van der Waals surface area contributed by atoms with Crippen molar-refractivity contribution in [3.63, 3.8) is 0 Å². The van der Waals surface area contributed by atoms with Gasteiger partial charge in [-0.15, -0.1) is 0 Å². The molecule has 1 unspecified atom stereocenters. The maximum Gasteiger partial charge on any atom is 0.307 e. The molecule has 0 rings (SSSR count). The predicted molar refractivity (Wildman–Crippen MR) is 56.8 cm³/mol. The van der Waals surface area contributed by atoms with Gasteiger partial charge in [0.25, 0.3) is 0 Å². The minimum absolute atomic E-state index is 0.204. The fraction of sp³-hybridized carbons (Fsp3) is 0.889. The maximum absolute atomic E-state index is 11.1. The van der Waals surface area contributed by atoms with Crippen LogP contribution in [0.1, 0.15) is 27.2 Å². The van der Waals surface area contributed by atoms with Crippen LogP contribution in [0.5, 0.6) is 0 Å². The van der Waals surface area contributed by atoms with E-state index >= 15 is 0 Å². The van der Waals surface area contributed by atoms with Gasteiger partial charge in [-0.2, -0.15) is 11.8 Å². The summed E-state index contributed by atoms with van der Waals surface area (Å²) in [6.45, 7) is 6.18. The zero-order valence-corrected chi connectivity index (χ0v) is 9.45. The monoisotopic (exact) mass is 205 g/mol. The first-order chi connectivity index (χ1) is 6.02. The second-order valence-corrected chi connectivity index (χ2v) is 4.55. The molecule has 0 saturated carbocycles. The molecular weight excluding hydrogens is 186 g/mol. The summed E-state index contributed by atoms with van der Waals surface area (Å²) >= 11 is 1.74. The zero-order valence-electron chi connectivity index (χ0n) is 8.63. The average Bonchev–Trinajstić information content (AvgIpc) is 2.00. The molecule has 0 heterocycles. The topological polar surface area (TPSA) is 52.3 Å². The molecule has 0 radical (unpaired) electrons. The standard InChI is InChI=1S/C9H19NO2S/c1-4-12-8(11)6-9(3,10)7-13-5-2/h4-7,10H2,1-3H3. The van der Waals surface area contributed by atoms with E-state index in [4.69, 9.17) is 10.5 Å². The number of ether oxygens (including phenoxy) is 1. The lowest BCUT2D eigenvalue weighted by Crippen LogP contribution is -2.41. The summed E-state index contributed by atoms with van der Waals surface area (Å²) in [7, 11) is 0.